The molecule has 2 atom stereocenters. The number of nitrogens with zero attached hydrogens (tertiary/aromatic N) is 1. The SMILES string of the molecule is FC(F)(F)c1ccc2c(c1)SC[C@H](Cc1ncc[nH]1)[C@@H]2OCc1ccc(Cl)cc1Cl. The average Bonchev–Trinajstić information content (AvgIpc) is 3.20. The van der Waals surface area contributed by atoms with Crippen molar-refractivity contribution in [2.24, 2.45) is 5.92 Å². The summed E-state index contributed by atoms with van der Waals surface area (Å²) in [5.41, 5.74) is 0.864. The van der Waals surface area contributed by atoms with E-state index in [0.29, 0.717) is 27.1 Å². The number of fused-ring (bicyclic) bond motifs is 1. The molecule has 0 fully saturated rings. The number of aromatic amines is 1. The fourth-order valence-electron chi connectivity index (χ4n) is 3.48. The lowest BCUT2D eigenvalue weighted by Gasteiger charge is -2.33. The summed E-state index contributed by atoms with van der Waals surface area (Å²) in [4.78, 5) is 7.96. The van der Waals surface area contributed by atoms with Gasteiger partial charge in [0.15, 0.2) is 0 Å². The molecule has 0 radical (unpaired) electrons. The summed E-state index contributed by atoms with van der Waals surface area (Å²) >= 11 is 13.6. The Labute approximate surface area is 185 Å². The molecule has 2 aromatic carbocycles. The minimum atomic E-state index is -4.38. The summed E-state index contributed by atoms with van der Waals surface area (Å²) < 4.78 is 45.7. The van der Waals surface area contributed by atoms with Crippen LogP contribution in [0, 0.1) is 5.92 Å². The van der Waals surface area contributed by atoms with E-state index in [1.54, 1.807) is 30.6 Å². The molecule has 158 valence electrons. The first-order chi connectivity index (χ1) is 14.3. The van der Waals surface area contributed by atoms with E-state index >= 15 is 0 Å². The lowest BCUT2D eigenvalue weighted by Crippen LogP contribution is -2.25. The Balaban J connectivity index is 1.62. The Hall–Kier alpha value is -1.67. The second-order valence-corrected chi connectivity index (χ2v) is 8.93. The van der Waals surface area contributed by atoms with Gasteiger partial charge in [0.05, 0.1) is 18.3 Å². The van der Waals surface area contributed by atoms with Crippen LogP contribution >= 0.6 is 35.0 Å². The second-order valence-electron chi connectivity index (χ2n) is 7.03. The third kappa shape index (κ3) is 4.80. The molecule has 9 heteroatoms. The highest BCUT2D eigenvalue weighted by atomic mass is 35.5. The minimum absolute atomic E-state index is 0.0384. The lowest BCUT2D eigenvalue weighted by atomic mass is 9.92. The van der Waals surface area contributed by atoms with Crippen LogP contribution in [0.15, 0.2) is 53.7 Å². The molecule has 0 spiro atoms. The predicted molar refractivity (Wildman–Crippen MR) is 112 cm³/mol. The van der Waals surface area contributed by atoms with Crippen molar-refractivity contribution in [2.75, 3.05) is 5.75 Å². The summed E-state index contributed by atoms with van der Waals surface area (Å²) in [6.07, 6.45) is -0.718. The Bertz CT molecular complexity index is 1030. The molecular weight excluding hydrogens is 456 g/mol. The quantitative estimate of drug-likeness (QED) is 0.436. The van der Waals surface area contributed by atoms with Crippen molar-refractivity contribution in [3.63, 3.8) is 0 Å². The number of hydrogen-bond donors (Lipinski definition) is 1. The maximum absolute atomic E-state index is 13.2. The molecule has 2 heterocycles. The van der Waals surface area contributed by atoms with Gasteiger partial charge < -0.3 is 9.72 Å². The minimum Gasteiger partial charge on any atom is -0.368 e. The van der Waals surface area contributed by atoms with Crippen LogP contribution in [0.2, 0.25) is 10.0 Å². The highest BCUT2D eigenvalue weighted by Gasteiger charge is 2.36. The maximum Gasteiger partial charge on any atom is 0.416 e. The highest BCUT2D eigenvalue weighted by Crippen LogP contribution is 2.45. The zero-order valence-corrected chi connectivity index (χ0v) is 17.9. The van der Waals surface area contributed by atoms with Gasteiger partial charge >= 0.3 is 6.18 Å². The van der Waals surface area contributed by atoms with Crippen LogP contribution < -0.4 is 0 Å². The second kappa shape index (κ2) is 8.83. The zero-order valence-electron chi connectivity index (χ0n) is 15.5. The molecule has 1 aromatic heterocycles. The van der Waals surface area contributed by atoms with E-state index in [-0.39, 0.29) is 18.6 Å². The number of rotatable bonds is 5. The summed E-state index contributed by atoms with van der Waals surface area (Å²) in [5, 5.41) is 1.02. The first-order valence-electron chi connectivity index (χ1n) is 9.19. The number of aromatic nitrogens is 2. The van der Waals surface area contributed by atoms with Crippen molar-refractivity contribution in [3.05, 3.63) is 81.4 Å². The van der Waals surface area contributed by atoms with Gasteiger partial charge in [0.25, 0.3) is 0 Å². The topological polar surface area (TPSA) is 37.9 Å². The Kier molecular flexibility index (Phi) is 6.34. The molecule has 4 rings (SSSR count). The van der Waals surface area contributed by atoms with Gasteiger partial charge in [0.2, 0.25) is 0 Å². The molecule has 0 saturated carbocycles. The van der Waals surface area contributed by atoms with Crippen LogP contribution in [0.25, 0.3) is 0 Å². The molecule has 30 heavy (non-hydrogen) atoms. The molecule has 1 aliphatic heterocycles. The Morgan fingerprint density at radius 2 is 2.00 bits per heavy atom. The van der Waals surface area contributed by atoms with Crippen LogP contribution in [-0.2, 0) is 23.9 Å². The van der Waals surface area contributed by atoms with E-state index in [1.807, 2.05) is 0 Å². The van der Waals surface area contributed by atoms with Crippen molar-refractivity contribution in [2.45, 2.75) is 30.2 Å². The van der Waals surface area contributed by atoms with Gasteiger partial charge in [-0.25, -0.2) is 4.98 Å². The van der Waals surface area contributed by atoms with E-state index in [0.717, 1.165) is 23.0 Å². The summed E-state index contributed by atoms with van der Waals surface area (Å²) in [7, 11) is 0. The van der Waals surface area contributed by atoms with Gasteiger partial charge in [-0.1, -0.05) is 35.3 Å². The molecule has 0 saturated heterocycles. The molecule has 1 N–H and O–H groups in total. The third-order valence-electron chi connectivity index (χ3n) is 4.97. The van der Waals surface area contributed by atoms with Crippen molar-refractivity contribution in [3.8, 4) is 0 Å². The normalized spacial score (nSPS) is 19.0. The molecule has 0 aliphatic carbocycles. The van der Waals surface area contributed by atoms with Gasteiger partial charge in [0, 0.05) is 45.4 Å². The van der Waals surface area contributed by atoms with Crippen LogP contribution in [0.3, 0.4) is 0 Å². The van der Waals surface area contributed by atoms with E-state index in [1.165, 1.54) is 23.9 Å². The fraction of sp³-hybridized carbons (Fsp3) is 0.286. The first kappa shape index (κ1) is 21.6. The van der Waals surface area contributed by atoms with Crippen LogP contribution in [-0.4, -0.2) is 15.7 Å². The van der Waals surface area contributed by atoms with Crippen molar-refractivity contribution < 1.29 is 17.9 Å². The molecule has 0 bridgehead atoms. The number of imidazole rings is 1. The molecule has 0 amide bonds. The van der Waals surface area contributed by atoms with Gasteiger partial charge in [-0.15, -0.1) is 11.8 Å². The molecule has 3 nitrogen and oxygen atoms in total. The average molecular weight is 473 g/mol. The Morgan fingerprint density at radius 3 is 2.70 bits per heavy atom. The number of nitrogens with one attached hydrogen (secondary N) is 1. The van der Waals surface area contributed by atoms with Gasteiger partial charge in [-0.05, 0) is 35.4 Å². The number of benzene rings is 2. The highest BCUT2D eigenvalue weighted by molar-refractivity contribution is 7.99. The number of alkyl halides is 3. The maximum atomic E-state index is 13.2. The number of thioether (sulfide) groups is 1. The van der Waals surface area contributed by atoms with Gasteiger partial charge in [-0.2, -0.15) is 13.2 Å². The Morgan fingerprint density at radius 1 is 1.17 bits per heavy atom. The number of hydrogen-bond acceptors (Lipinski definition) is 3. The number of halogens is 5. The zero-order chi connectivity index (χ0) is 21.3. The third-order valence-corrected chi connectivity index (χ3v) is 6.82. The number of ether oxygens (including phenoxy) is 1. The monoisotopic (exact) mass is 472 g/mol. The smallest absolute Gasteiger partial charge is 0.368 e. The fourth-order valence-corrected chi connectivity index (χ4v) is 5.19. The van der Waals surface area contributed by atoms with E-state index < -0.39 is 11.7 Å². The van der Waals surface area contributed by atoms with Crippen LogP contribution in [0.5, 0.6) is 0 Å². The first-order valence-corrected chi connectivity index (χ1v) is 10.9. The largest absolute Gasteiger partial charge is 0.416 e. The lowest BCUT2D eigenvalue weighted by molar-refractivity contribution is -0.137. The van der Waals surface area contributed by atoms with Crippen molar-refractivity contribution in [1.82, 2.24) is 9.97 Å². The van der Waals surface area contributed by atoms with E-state index in [4.69, 9.17) is 27.9 Å². The van der Waals surface area contributed by atoms with E-state index in [9.17, 15) is 13.2 Å². The van der Waals surface area contributed by atoms with Gasteiger partial charge in [0.1, 0.15) is 5.82 Å². The van der Waals surface area contributed by atoms with Crippen molar-refractivity contribution >= 4 is 35.0 Å². The van der Waals surface area contributed by atoms with Crippen LogP contribution in [0.4, 0.5) is 13.2 Å². The molecule has 1 aliphatic rings. The van der Waals surface area contributed by atoms with Crippen molar-refractivity contribution in [1.29, 1.82) is 0 Å². The summed E-state index contributed by atoms with van der Waals surface area (Å²) in [6, 6.07) is 9.00. The van der Waals surface area contributed by atoms with Gasteiger partial charge in [-0.3, -0.25) is 0 Å². The van der Waals surface area contributed by atoms with E-state index in [2.05, 4.69) is 9.97 Å². The number of H-pyrrole nitrogens is 1. The summed E-state index contributed by atoms with van der Waals surface area (Å²) in [5.74, 6) is 1.47. The molecule has 0 unspecified atom stereocenters. The standard InChI is InChI=1S/C21H17Cl2F3N2OS/c22-15-3-1-12(17(23)9-15)10-29-20-13(7-19-27-5-6-28-19)11-30-18-8-14(21(24,25)26)2-4-16(18)20/h1-6,8-9,13,20H,7,10-11H2,(H,27,28)/t13-,20-/m0/s1. The van der Waals surface area contributed by atoms with Crippen LogP contribution in [0.1, 0.15) is 28.6 Å². The molecule has 3 aromatic rings. The predicted octanol–water partition coefficient (Wildman–Crippen LogP) is 6.96. The molecular formula is C21H17Cl2F3N2OS. The summed E-state index contributed by atoms with van der Waals surface area (Å²) in [6.45, 7) is 0.223.